The first kappa shape index (κ1) is 25.5. The number of carbonyl (C=O) groups is 2. The van der Waals surface area contributed by atoms with E-state index in [1.165, 1.54) is 0 Å². The second-order valence-electron chi connectivity index (χ2n) is 9.33. The zero-order chi connectivity index (χ0) is 25.0. The van der Waals surface area contributed by atoms with Crippen molar-refractivity contribution in [2.45, 2.75) is 38.7 Å². The maximum absolute atomic E-state index is 13.6. The Bertz CT molecular complexity index is 1050. The van der Waals surface area contributed by atoms with Crippen molar-refractivity contribution in [3.05, 3.63) is 46.3 Å². The number of ether oxygens (including phenoxy) is 3. The molecule has 2 aliphatic rings. The van der Waals surface area contributed by atoms with Crippen molar-refractivity contribution in [1.82, 2.24) is 15.0 Å². The van der Waals surface area contributed by atoms with Crippen molar-refractivity contribution in [3.63, 3.8) is 0 Å². The van der Waals surface area contributed by atoms with Gasteiger partial charge in [0.2, 0.25) is 5.91 Å². The number of hydrogen-bond acceptors (Lipinski definition) is 7. The van der Waals surface area contributed by atoms with Gasteiger partial charge in [0, 0.05) is 24.7 Å². The minimum Gasteiger partial charge on any atom is -0.490 e. The molecule has 0 unspecified atom stereocenters. The Labute approximate surface area is 210 Å². The third kappa shape index (κ3) is 5.97. The lowest BCUT2D eigenvalue weighted by molar-refractivity contribution is -0.155. The molecule has 35 heavy (non-hydrogen) atoms. The molecule has 1 aromatic heterocycles. The number of hydrogen-bond donors (Lipinski definition) is 0. The first-order valence-corrected chi connectivity index (χ1v) is 12.3. The summed E-state index contributed by atoms with van der Waals surface area (Å²) in [5.74, 6) is 0.851. The lowest BCUT2D eigenvalue weighted by atomic mass is 9.95. The number of amides is 2. The molecular weight excluding hydrogens is 474 g/mol. The maximum Gasteiger partial charge on any atom is 0.259 e. The van der Waals surface area contributed by atoms with E-state index in [9.17, 15) is 9.59 Å². The first-order chi connectivity index (χ1) is 16.8. The van der Waals surface area contributed by atoms with Gasteiger partial charge in [0.05, 0.1) is 38.5 Å². The molecule has 1 aromatic carbocycles. The summed E-state index contributed by atoms with van der Waals surface area (Å²) in [5, 5.41) is 4.65. The summed E-state index contributed by atoms with van der Waals surface area (Å²) in [5.41, 5.74) is 0.0875. The number of nitrogens with zero attached hydrogens (tertiary/aromatic N) is 3. The lowest BCUT2D eigenvalue weighted by Gasteiger charge is -2.43. The predicted octanol–water partition coefficient (Wildman–Crippen LogP) is 3.30. The molecule has 2 aromatic rings. The van der Waals surface area contributed by atoms with E-state index >= 15 is 0 Å². The molecular formula is C25H32ClN3O6. The van der Waals surface area contributed by atoms with E-state index in [1.54, 1.807) is 41.0 Å². The highest BCUT2D eigenvalue weighted by Gasteiger charge is 2.43. The van der Waals surface area contributed by atoms with Crippen molar-refractivity contribution in [1.29, 1.82) is 0 Å². The fraction of sp³-hybridized carbons (Fsp3) is 0.560. The second-order valence-corrected chi connectivity index (χ2v) is 9.76. The Kier molecular flexibility index (Phi) is 7.98. The van der Waals surface area contributed by atoms with Crippen LogP contribution in [0.15, 0.2) is 28.8 Å². The van der Waals surface area contributed by atoms with Crippen LogP contribution in [0.4, 0.5) is 0 Å². The second kappa shape index (κ2) is 11.0. The van der Waals surface area contributed by atoms with E-state index in [0.29, 0.717) is 60.6 Å². The Balaban J connectivity index is 1.57. The first-order valence-electron chi connectivity index (χ1n) is 11.9. The number of aryl methyl sites for hydroxylation is 1. The molecule has 0 bridgehead atoms. The van der Waals surface area contributed by atoms with Gasteiger partial charge < -0.3 is 28.5 Å². The largest absolute Gasteiger partial charge is 0.490 e. The molecule has 0 aliphatic carbocycles. The zero-order valence-electron chi connectivity index (χ0n) is 20.4. The molecule has 2 aliphatic heterocycles. The van der Waals surface area contributed by atoms with Crippen molar-refractivity contribution in [3.8, 4) is 5.75 Å². The minimum atomic E-state index is -1.02. The normalized spacial score (nSPS) is 20.8. The van der Waals surface area contributed by atoms with Crippen LogP contribution in [0.2, 0.25) is 5.02 Å². The summed E-state index contributed by atoms with van der Waals surface area (Å²) >= 11 is 6.11. The van der Waals surface area contributed by atoms with Crippen LogP contribution in [0.1, 0.15) is 48.0 Å². The number of morpholine rings is 2. The molecule has 2 amide bonds. The fourth-order valence-corrected chi connectivity index (χ4v) is 4.62. The minimum absolute atomic E-state index is 0.0336. The molecule has 190 valence electrons. The standard InChI is InChI=1S/C25H32ClN3O6/c1-17(2)23-22(18(3)35-27-23)24(31)29-9-12-34-25(15-29,14-21(30)28-7-10-32-11-8-28)16-33-20-6-4-5-19(26)13-20/h4-6,13,17H,7-12,14-16H2,1-3H3/t25-/m0/s1. The quantitative estimate of drug-likeness (QED) is 0.569. The van der Waals surface area contributed by atoms with Crippen molar-refractivity contribution in [2.75, 3.05) is 52.6 Å². The van der Waals surface area contributed by atoms with E-state index in [0.717, 1.165) is 0 Å². The summed E-state index contributed by atoms with van der Waals surface area (Å²) in [4.78, 5) is 30.3. The Hall–Kier alpha value is -2.62. The smallest absolute Gasteiger partial charge is 0.259 e. The Morgan fingerprint density at radius 2 is 1.91 bits per heavy atom. The molecule has 2 fully saturated rings. The van der Waals surface area contributed by atoms with Gasteiger partial charge in [-0.2, -0.15) is 0 Å². The summed E-state index contributed by atoms with van der Waals surface area (Å²) in [6.45, 7) is 8.72. The van der Waals surface area contributed by atoms with Crippen molar-refractivity contribution >= 4 is 23.4 Å². The Morgan fingerprint density at radius 1 is 1.17 bits per heavy atom. The van der Waals surface area contributed by atoms with E-state index in [1.807, 2.05) is 13.8 Å². The lowest BCUT2D eigenvalue weighted by Crippen LogP contribution is -2.59. The van der Waals surface area contributed by atoms with Gasteiger partial charge in [-0.3, -0.25) is 9.59 Å². The van der Waals surface area contributed by atoms with Crippen LogP contribution in [0.25, 0.3) is 0 Å². The average Bonchev–Trinajstić information content (AvgIpc) is 3.25. The molecule has 3 heterocycles. The van der Waals surface area contributed by atoms with Gasteiger partial charge in [0.15, 0.2) is 0 Å². The molecule has 2 saturated heterocycles. The van der Waals surface area contributed by atoms with Gasteiger partial charge in [-0.15, -0.1) is 0 Å². The van der Waals surface area contributed by atoms with Crippen LogP contribution < -0.4 is 4.74 Å². The van der Waals surface area contributed by atoms with Crippen molar-refractivity contribution in [2.24, 2.45) is 0 Å². The van der Waals surface area contributed by atoms with Crippen LogP contribution in [0.3, 0.4) is 0 Å². The number of halogens is 1. The molecule has 0 N–H and O–H groups in total. The number of carbonyl (C=O) groups excluding carboxylic acids is 2. The third-order valence-electron chi connectivity index (χ3n) is 6.32. The van der Waals surface area contributed by atoms with Crippen LogP contribution in [-0.4, -0.2) is 85.0 Å². The van der Waals surface area contributed by atoms with E-state index in [4.69, 9.17) is 30.3 Å². The van der Waals surface area contributed by atoms with Gasteiger partial charge in [-0.25, -0.2) is 0 Å². The highest BCUT2D eigenvalue weighted by molar-refractivity contribution is 6.30. The average molecular weight is 506 g/mol. The SMILES string of the molecule is Cc1onc(C(C)C)c1C(=O)N1CCO[C@@](COc2cccc(Cl)c2)(CC(=O)N2CCOCC2)C1. The summed E-state index contributed by atoms with van der Waals surface area (Å²) < 4.78 is 23.0. The maximum atomic E-state index is 13.6. The molecule has 9 nitrogen and oxygen atoms in total. The van der Waals surface area contributed by atoms with E-state index in [2.05, 4.69) is 5.16 Å². The summed E-state index contributed by atoms with van der Waals surface area (Å²) in [7, 11) is 0. The molecule has 4 rings (SSSR count). The predicted molar refractivity (Wildman–Crippen MR) is 129 cm³/mol. The number of rotatable bonds is 7. The van der Waals surface area contributed by atoms with Crippen molar-refractivity contribution < 1.29 is 28.3 Å². The van der Waals surface area contributed by atoms with Crippen LogP contribution >= 0.6 is 11.6 Å². The summed E-state index contributed by atoms with van der Waals surface area (Å²) in [6.07, 6.45) is 0.0804. The number of aromatic nitrogens is 1. The van der Waals surface area contributed by atoms with Gasteiger partial charge in [0.1, 0.15) is 29.3 Å². The highest BCUT2D eigenvalue weighted by atomic mass is 35.5. The van der Waals surface area contributed by atoms with Gasteiger partial charge >= 0.3 is 0 Å². The van der Waals surface area contributed by atoms with Gasteiger partial charge in [0.25, 0.3) is 5.91 Å². The van der Waals surface area contributed by atoms with Crippen LogP contribution in [0, 0.1) is 6.92 Å². The monoisotopic (exact) mass is 505 g/mol. The fourth-order valence-electron chi connectivity index (χ4n) is 4.44. The van der Waals surface area contributed by atoms with E-state index in [-0.39, 0.29) is 43.9 Å². The Morgan fingerprint density at radius 3 is 2.63 bits per heavy atom. The van der Waals surface area contributed by atoms with Gasteiger partial charge in [-0.05, 0) is 31.0 Å². The van der Waals surface area contributed by atoms with Crippen LogP contribution in [0.5, 0.6) is 5.75 Å². The molecule has 0 saturated carbocycles. The van der Waals surface area contributed by atoms with E-state index < -0.39 is 5.60 Å². The topological polar surface area (TPSA) is 94.3 Å². The summed E-state index contributed by atoms with van der Waals surface area (Å²) in [6, 6.07) is 7.06. The van der Waals surface area contributed by atoms with Gasteiger partial charge in [-0.1, -0.05) is 36.7 Å². The molecule has 0 spiro atoms. The number of benzene rings is 1. The highest BCUT2D eigenvalue weighted by Crippen LogP contribution is 2.29. The third-order valence-corrected chi connectivity index (χ3v) is 6.56. The molecule has 0 radical (unpaired) electrons. The molecule has 10 heteroatoms. The molecule has 1 atom stereocenters. The zero-order valence-corrected chi connectivity index (χ0v) is 21.2. The van der Waals surface area contributed by atoms with Crippen LogP contribution in [-0.2, 0) is 14.3 Å².